The molecule has 2 heterocycles. The van der Waals surface area contributed by atoms with Gasteiger partial charge in [-0.3, -0.25) is 4.90 Å². The summed E-state index contributed by atoms with van der Waals surface area (Å²) >= 11 is 0. The summed E-state index contributed by atoms with van der Waals surface area (Å²) in [4.78, 5) is 2.42. The van der Waals surface area contributed by atoms with Crippen LogP contribution in [0.3, 0.4) is 0 Å². The van der Waals surface area contributed by atoms with Crippen LogP contribution >= 0.6 is 0 Å². The van der Waals surface area contributed by atoms with Crippen LogP contribution in [0, 0.1) is 0 Å². The van der Waals surface area contributed by atoms with E-state index in [2.05, 4.69) is 22.3 Å². The Kier molecular flexibility index (Phi) is 3.16. The summed E-state index contributed by atoms with van der Waals surface area (Å²) in [5, 5.41) is 7.42. The van der Waals surface area contributed by atoms with Gasteiger partial charge in [0.1, 0.15) is 6.26 Å². The van der Waals surface area contributed by atoms with Crippen LogP contribution in [-0.4, -0.2) is 35.7 Å². The molecule has 1 unspecified atom stereocenters. The lowest BCUT2D eigenvalue weighted by atomic mass is 10.1. The van der Waals surface area contributed by atoms with Crippen molar-refractivity contribution < 1.29 is 4.52 Å². The molecular formula is C10H17N3O. The fraction of sp³-hybridized carbons (Fsp3) is 0.700. The molecule has 0 bridgehead atoms. The molecule has 78 valence electrons. The van der Waals surface area contributed by atoms with Crippen LogP contribution in [-0.2, 0) is 6.54 Å². The Hall–Kier alpha value is -0.870. The maximum absolute atomic E-state index is 4.82. The number of nitrogens with one attached hydrogen (secondary N) is 1. The molecule has 4 nitrogen and oxygen atoms in total. The summed E-state index contributed by atoms with van der Waals surface area (Å²) in [7, 11) is 0. The second-order valence-corrected chi connectivity index (χ2v) is 3.79. The van der Waals surface area contributed by atoms with E-state index in [0.717, 1.165) is 31.9 Å². The average molecular weight is 195 g/mol. The molecule has 1 aliphatic rings. The van der Waals surface area contributed by atoms with Crippen molar-refractivity contribution in [1.29, 1.82) is 0 Å². The molecule has 0 radical (unpaired) electrons. The summed E-state index contributed by atoms with van der Waals surface area (Å²) in [6.45, 7) is 6.43. The molecule has 0 spiro atoms. The number of piperazine rings is 1. The maximum Gasteiger partial charge on any atom is 0.124 e. The van der Waals surface area contributed by atoms with Crippen molar-refractivity contribution in [3.63, 3.8) is 0 Å². The third-order valence-electron chi connectivity index (χ3n) is 2.71. The van der Waals surface area contributed by atoms with E-state index in [0.29, 0.717) is 6.04 Å². The SMILES string of the molecule is CCC1CN(Cc2ccon2)CCN1. The van der Waals surface area contributed by atoms with Crippen molar-refractivity contribution in [2.75, 3.05) is 19.6 Å². The van der Waals surface area contributed by atoms with Gasteiger partial charge in [0.15, 0.2) is 0 Å². The zero-order chi connectivity index (χ0) is 9.80. The highest BCUT2D eigenvalue weighted by Gasteiger charge is 2.18. The Morgan fingerprint density at radius 3 is 3.36 bits per heavy atom. The van der Waals surface area contributed by atoms with Crippen molar-refractivity contribution in [2.24, 2.45) is 0 Å². The van der Waals surface area contributed by atoms with Crippen molar-refractivity contribution in [2.45, 2.75) is 25.9 Å². The average Bonchev–Trinajstić information content (AvgIpc) is 2.71. The number of hydrogen-bond acceptors (Lipinski definition) is 4. The number of aromatic nitrogens is 1. The summed E-state index contributed by atoms with van der Waals surface area (Å²) in [6.07, 6.45) is 2.82. The minimum Gasteiger partial charge on any atom is -0.364 e. The second-order valence-electron chi connectivity index (χ2n) is 3.79. The van der Waals surface area contributed by atoms with Gasteiger partial charge in [0.05, 0.1) is 5.69 Å². The van der Waals surface area contributed by atoms with Gasteiger partial charge >= 0.3 is 0 Å². The fourth-order valence-corrected chi connectivity index (χ4v) is 1.86. The van der Waals surface area contributed by atoms with E-state index in [1.54, 1.807) is 6.26 Å². The monoisotopic (exact) mass is 195 g/mol. The summed E-state index contributed by atoms with van der Waals surface area (Å²) in [6, 6.07) is 2.57. The van der Waals surface area contributed by atoms with E-state index in [1.165, 1.54) is 6.42 Å². The van der Waals surface area contributed by atoms with Gasteiger partial charge in [-0.05, 0) is 6.42 Å². The van der Waals surface area contributed by atoms with Gasteiger partial charge in [-0.15, -0.1) is 0 Å². The molecule has 0 amide bonds. The number of rotatable bonds is 3. The number of nitrogens with zero attached hydrogens (tertiary/aromatic N) is 2. The number of hydrogen-bond donors (Lipinski definition) is 1. The van der Waals surface area contributed by atoms with Gasteiger partial charge in [-0.2, -0.15) is 0 Å². The second kappa shape index (κ2) is 4.57. The lowest BCUT2D eigenvalue weighted by molar-refractivity contribution is 0.185. The zero-order valence-electron chi connectivity index (χ0n) is 8.57. The molecule has 0 saturated carbocycles. The highest BCUT2D eigenvalue weighted by atomic mass is 16.5. The Labute approximate surface area is 84.3 Å². The molecule has 1 fully saturated rings. The Bertz CT molecular complexity index is 260. The first-order valence-corrected chi connectivity index (χ1v) is 5.23. The first-order valence-electron chi connectivity index (χ1n) is 5.23. The first kappa shape index (κ1) is 9.68. The lowest BCUT2D eigenvalue weighted by Crippen LogP contribution is -2.49. The molecule has 1 aromatic rings. The van der Waals surface area contributed by atoms with E-state index in [4.69, 9.17) is 4.52 Å². The lowest BCUT2D eigenvalue weighted by Gasteiger charge is -2.32. The summed E-state index contributed by atoms with van der Waals surface area (Å²) < 4.78 is 4.82. The van der Waals surface area contributed by atoms with Crippen molar-refractivity contribution in [1.82, 2.24) is 15.4 Å². The smallest absolute Gasteiger partial charge is 0.124 e. The van der Waals surface area contributed by atoms with Gasteiger partial charge in [0, 0.05) is 38.3 Å². The van der Waals surface area contributed by atoms with Crippen LogP contribution in [0.2, 0.25) is 0 Å². The molecule has 1 atom stereocenters. The quantitative estimate of drug-likeness (QED) is 0.776. The summed E-state index contributed by atoms with van der Waals surface area (Å²) in [5.74, 6) is 0. The maximum atomic E-state index is 4.82. The normalized spacial score (nSPS) is 23.9. The highest BCUT2D eigenvalue weighted by molar-refractivity contribution is 4.95. The van der Waals surface area contributed by atoms with E-state index in [9.17, 15) is 0 Å². The Balaban J connectivity index is 1.86. The predicted molar refractivity (Wildman–Crippen MR) is 53.9 cm³/mol. The topological polar surface area (TPSA) is 41.3 Å². The van der Waals surface area contributed by atoms with Gasteiger partial charge in [-0.1, -0.05) is 12.1 Å². The van der Waals surface area contributed by atoms with Gasteiger partial charge in [0.25, 0.3) is 0 Å². The molecule has 1 saturated heterocycles. The fourth-order valence-electron chi connectivity index (χ4n) is 1.86. The van der Waals surface area contributed by atoms with Crippen LogP contribution < -0.4 is 5.32 Å². The van der Waals surface area contributed by atoms with E-state index < -0.39 is 0 Å². The van der Waals surface area contributed by atoms with Crippen LogP contribution in [0.4, 0.5) is 0 Å². The van der Waals surface area contributed by atoms with Gasteiger partial charge in [0.2, 0.25) is 0 Å². The van der Waals surface area contributed by atoms with E-state index >= 15 is 0 Å². The standard InChI is InChI=1S/C10H17N3O/c1-2-9-7-13(5-4-11-9)8-10-3-6-14-12-10/h3,6,9,11H,2,4-5,7-8H2,1H3. The van der Waals surface area contributed by atoms with Crippen LogP contribution in [0.5, 0.6) is 0 Å². The molecular weight excluding hydrogens is 178 g/mol. The van der Waals surface area contributed by atoms with Crippen molar-refractivity contribution in [3.05, 3.63) is 18.0 Å². The molecule has 4 heteroatoms. The molecule has 2 rings (SSSR count). The van der Waals surface area contributed by atoms with E-state index in [-0.39, 0.29) is 0 Å². The highest BCUT2D eigenvalue weighted by Crippen LogP contribution is 2.07. The summed E-state index contributed by atoms with van der Waals surface area (Å²) in [5.41, 5.74) is 1.03. The van der Waals surface area contributed by atoms with Gasteiger partial charge < -0.3 is 9.84 Å². The molecule has 1 aromatic heterocycles. The Morgan fingerprint density at radius 1 is 1.71 bits per heavy atom. The Morgan fingerprint density at radius 2 is 2.64 bits per heavy atom. The third-order valence-corrected chi connectivity index (χ3v) is 2.71. The molecule has 0 aromatic carbocycles. The zero-order valence-corrected chi connectivity index (χ0v) is 8.57. The van der Waals surface area contributed by atoms with Crippen LogP contribution in [0.1, 0.15) is 19.0 Å². The molecule has 0 aliphatic carbocycles. The first-order chi connectivity index (χ1) is 6.88. The predicted octanol–water partition coefficient (Wildman–Crippen LogP) is 0.858. The minimum atomic E-state index is 0.635. The van der Waals surface area contributed by atoms with Crippen LogP contribution in [0.25, 0.3) is 0 Å². The molecule has 1 aliphatic heterocycles. The molecule has 14 heavy (non-hydrogen) atoms. The van der Waals surface area contributed by atoms with Crippen molar-refractivity contribution >= 4 is 0 Å². The van der Waals surface area contributed by atoms with Crippen LogP contribution in [0.15, 0.2) is 16.9 Å². The van der Waals surface area contributed by atoms with E-state index in [1.807, 2.05) is 6.07 Å². The van der Waals surface area contributed by atoms with Gasteiger partial charge in [-0.25, -0.2) is 0 Å². The van der Waals surface area contributed by atoms with Crippen molar-refractivity contribution in [3.8, 4) is 0 Å². The molecule has 1 N–H and O–H groups in total. The minimum absolute atomic E-state index is 0.635. The largest absolute Gasteiger partial charge is 0.364 e. The third kappa shape index (κ3) is 2.33.